The highest BCUT2D eigenvalue weighted by molar-refractivity contribution is 7.26. The van der Waals surface area contributed by atoms with Crippen LogP contribution < -0.4 is 0 Å². The van der Waals surface area contributed by atoms with Gasteiger partial charge in [0, 0.05) is 85.4 Å². The molecule has 4 nitrogen and oxygen atoms in total. The quantitative estimate of drug-likeness (QED) is 0.116. The van der Waals surface area contributed by atoms with Crippen molar-refractivity contribution in [2.24, 2.45) is 0 Å². The van der Waals surface area contributed by atoms with Crippen LogP contribution in [0.3, 0.4) is 0 Å². The molecule has 0 saturated heterocycles. The second-order valence-corrected chi connectivity index (χ2v) is 35.0. The van der Waals surface area contributed by atoms with Gasteiger partial charge in [0.1, 0.15) is 0 Å². The maximum atomic E-state index is 2.50. The highest BCUT2D eigenvalue weighted by Gasteiger charge is 2.25. The second kappa shape index (κ2) is 30.0. The smallest absolute Gasteiger partial charge is 0.0641 e. The van der Waals surface area contributed by atoms with Crippen LogP contribution in [-0.2, 0) is 0 Å². The minimum Gasteiger partial charge on any atom is -0.309 e. The van der Waals surface area contributed by atoms with Gasteiger partial charge >= 0.3 is 0 Å². The summed E-state index contributed by atoms with van der Waals surface area (Å²) in [4.78, 5) is 0. The molecule has 0 aliphatic heterocycles. The average Bonchev–Trinajstić information content (AvgIpc) is 1.56. The zero-order chi connectivity index (χ0) is 82.9. The Morgan fingerprint density at radius 3 is 0.833 bits per heavy atom. The van der Waals surface area contributed by atoms with E-state index in [2.05, 4.69) is 479 Å². The molecule has 26 aromatic rings. The average molecular weight is 1640 g/mol. The van der Waals surface area contributed by atoms with E-state index in [4.69, 9.17) is 0 Å². The summed E-state index contributed by atoms with van der Waals surface area (Å²) in [6.45, 7) is 0. The molecule has 0 aliphatic carbocycles. The minimum absolute atomic E-state index is 1.16. The van der Waals surface area contributed by atoms with Gasteiger partial charge in [-0.2, -0.15) is 0 Å². The van der Waals surface area contributed by atoms with E-state index in [1.165, 1.54) is 228 Å². The van der Waals surface area contributed by atoms with Crippen molar-refractivity contribution in [1.29, 1.82) is 0 Å². The van der Waals surface area contributed by atoms with Gasteiger partial charge in [0.15, 0.2) is 0 Å². The SMILES string of the molecule is c1ccc(-c2ccc(-c3ccc(-n4c5ccccc5c5cc(-c6ccc7c(c6)c6ccccc6n7-c6cccc(-c7ccccc7)c6)ccc54)c4sc5ccccc5c34)cc2)cc1.c1ccc(-c2ccc(-n3c4ccccc4c4cc(-c5ccc6c(c5)c5ccccc5n6-c5ccc(-c6cccc(-c7ccccc7)c6)c6c5sc5ccccc56)ccc43)cc2)cc1. The number of benzene rings is 20. The van der Waals surface area contributed by atoms with Gasteiger partial charge in [0.05, 0.1) is 64.9 Å². The van der Waals surface area contributed by atoms with Gasteiger partial charge in [-0.1, -0.05) is 334 Å². The first-order valence-electron chi connectivity index (χ1n) is 43.2. The van der Waals surface area contributed by atoms with Crippen LogP contribution in [-0.4, -0.2) is 18.3 Å². The Balaban J connectivity index is 0.000000137. The predicted octanol–water partition coefficient (Wildman–Crippen LogP) is 33.8. The molecule has 6 aromatic heterocycles. The van der Waals surface area contributed by atoms with E-state index in [-0.39, 0.29) is 0 Å². The highest BCUT2D eigenvalue weighted by atomic mass is 32.1. The monoisotopic (exact) mass is 1640 g/mol. The lowest BCUT2D eigenvalue weighted by molar-refractivity contribution is 1.18. The van der Waals surface area contributed by atoms with Gasteiger partial charge in [-0.3, -0.25) is 0 Å². The normalized spacial score (nSPS) is 11.8. The fraction of sp³-hybridized carbons (Fsp3) is 0. The van der Waals surface area contributed by atoms with Crippen molar-refractivity contribution in [2.75, 3.05) is 0 Å². The third-order valence-electron chi connectivity index (χ3n) is 25.9. The van der Waals surface area contributed by atoms with E-state index >= 15 is 0 Å². The van der Waals surface area contributed by atoms with Crippen molar-refractivity contribution in [1.82, 2.24) is 18.3 Å². The number of hydrogen-bond acceptors (Lipinski definition) is 2. The molecule has 0 amide bonds. The van der Waals surface area contributed by atoms with Crippen LogP contribution in [0.2, 0.25) is 0 Å². The summed E-state index contributed by atoms with van der Waals surface area (Å²) in [7, 11) is 0. The molecule has 0 fully saturated rings. The number of fused-ring (bicyclic) bond motifs is 18. The Morgan fingerprint density at radius 2 is 0.413 bits per heavy atom. The first kappa shape index (κ1) is 72.8. The number of aromatic nitrogens is 4. The summed E-state index contributed by atoms with van der Waals surface area (Å²) in [5.74, 6) is 0. The summed E-state index contributed by atoms with van der Waals surface area (Å²) in [5.41, 5.74) is 33.9. The van der Waals surface area contributed by atoms with E-state index in [1.807, 2.05) is 22.7 Å². The van der Waals surface area contributed by atoms with Crippen LogP contribution in [0.4, 0.5) is 0 Å². The van der Waals surface area contributed by atoms with Crippen LogP contribution >= 0.6 is 22.7 Å². The van der Waals surface area contributed by atoms with Gasteiger partial charge in [-0.25, -0.2) is 0 Å². The molecule has 0 aliphatic rings. The first-order chi connectivity index (χ1) is 62.5. The molecule has 26 rings (SSSR count). The molecule has 0 radical (unpaired) electrons. The minimum atomic E-state index is 1.16. The van der Waals surface area contributed by atoms with Gasteiger partial charge in [-0.05, 0) is 216 Å². The fourth-order valence-corrected chi connectivity index (χ4v) is 22.5. The van der Waals surface area contributed by atoms with Crippen molar-refractivity contribution in [3.8, 4) is 112 Å². The Bertz CT molecular complexity index is 8810. The molecule has 6 heteroatoms. The van der Waals surface area contributed by atoms with Crippen LogP contribution in [0, 0.1) is 0 Å². The molecule has 20 aromatic carbocycles. The maximum Gasteiger partial charge on any atom is 0.0641 e. The number of hydrogen-bond donors (Lipinski definition) is 0. The Labute approximate surface area is 735 Å². The number of nitrogens with zero attached hydrogens (tertiary/aromatic N) is 4. The summed E-state index contributed by atoms with van der Waals surface area (Å²) >= 11 is 3.78. The molecule has 0 atom stereocenters. The highest BCUT2D eigenvalue weighted by Crippen LogP contribution is 2.50. The van der Waals surface area contributed by atoms with Crippen LogP contribution in [0.25, 0.3) is 239 Å². The molecular formula is C120H76N4S2. The van der Waals surface area contributed by atoms with E-state index in [0.29, 0.717) is 0 Å². The molecule has 126 heavy (non-hydrogen) atoms. The molecule has 6 heterocycles. The molecule has 0 unspecified atom stereocenters. The molecule has 0 bridgehead atoms. The Hall–Kier alpha value is -16.0. The zero-order valence-corrected chi connectivity index (χ0v) is 70.1. The fourth-order valence-electron chi connectivity index (χ4n) is 20.0. The van der Waals surface area contributed by atoms with Crippen molar-refractivity contribution < 1.29 is 0 Å². The lowest BCUT2D eigenvalue weighted by Gasteiger charge is -2.14. The summed E-state index contributed by atoms with van der Waals surface area (Å²) in [6.07, 6.45) is 0. The summed E-state index contributed by atoms with van der Waals surface area (Å²) in [5, 5.41) is 15.2. The van der Waals surface area contributed by atoms with Crippen molar-refractivity contribution >= 4 is 150 Å². The lowest BCUT2D eigenvalue weighted by Crippen LogP contribution is -1.95. The van der Waals surface area contributed by atoms with E-state index in [1.54, 1.807) is 0 Å². The van der Waals surface area contributed by atoms with Crippen LogP contribution in [0.15, 0.2) is 461 Å². The van der Waals surface area contributed by atoms with Gasteiger partial charge in [-0.15, -0.1) is 22.7 Å². The van der Waals surface area contributed by atoms with Crippen LogP contribution in [0.5, 0.6) is 0 Å². The third-order valence-corrected chi connectivity index (χ3v) is 28.3. The van der Waals surface area contributed by atoms with E-state index in [0.717, 1.165) is 11.4 Å². The molecule has 0 spiro atoms. The number of rotatable bonds is 12. The molecule has 0 saturated carbocycles. The summed E-state index contributed by atoms with van der Waals surface area (Å²) in [6, 6.07) is 169. The Morgan fingerprint density at radius 1 is 0.143 bits per heavy atom. The van der Waals surface area contributed by atoms with E-state index in [9.17, 15) is 0 Å². The van der Waals surface area contributed by atoms with Crippen molar-refractivity contribution in [3.63, 3.8) is 0 Å². The van der Waals surface area contributed by atoms with Gasteiger partial charge in [0.2, 0.25) is 0 Å². The molecule has 588 valence electrons. The maximum absolute atomic E-state index is 2.50. The molecule has 0 N–H and O–H groups in total. The van der Waals surface area contributed by atoms with Crippen LogP contribution in [0.1, 0.15) is 0 Å². The third kappa shape index (κ3) is 12.1. The molecular weight excluding hydrogens is 1560 g/mol. The lowest BCUT2D eigenvalue weighted by atomic mass is 9.95. The van der Waals surface area contributed by atoms with E-state index < -0.39 is 0 Å². The van der Waals surface area contributed by atoms with Gasteiger partial charge in [0.25, 0.3) is 0 Å². The Kier molecular flexibility index (Phi) is 17.3. The second-order valence-electron chi connectivity index (χ2n) is 32.9. The topological polar surface area (TPSA) is 19.7 Å². The van der Waals surface area contributed by atoms with Crippen molar-refractivity contribution in [2.45, 2.75) is 0 Å². The number of thiophene rings is 2. The first-order valence-corrected chi connectivity index (χ1v) is 44.8. The largest absolute Gasteiger partial charge is 0.309 e. The number of para-hydroxylation sites is 4. The zero-order valence-electron chi connectivity index (χ0n) is 68.5. The predicted molar refractivity (Wildman–Crippen MR) is 540 cm³/mol. The van der Waals surface area contributed by atoms with Crippen molar-refractivity contribution in [3.05, 3.63) is 461 Å². The standard InChI is InChI=1S/2C60H38N2S/c1-3-14-39(15-4-1)41-26-30-46(31-27-41)61-53-23-10-7-20-48(53)51-37-43(28-33-55(51)61)44-29-34-56-52(38-44)49-21-8-11-24-54(49)62(56)57-35-32-47(59-50-22-9-12-25-58(50)63-60(57)59)45-19-13-18-42(36-45)40-16-5-2-6-17-40;1-3-14-39(15-4-1)41-26-28-42(29-27-41)47-32-35-57(60-59(47)50-22-9-12-25-58(50)63-60)62-54-24-11-8-21-49(54)52-38-45(31-34-56(52)62)44-30-33-55-51(37-44)48-20-7-10-23-53(48)61(55)46-19-13-18-43(36-46)40-16-5-2-6-17-40/h2*1-38H. The summed E-state index contributed by atoms with van der Waals surface area (Å²) < 4.78 is 15.0. The van der Waals surface area contributed by atoms with Gasteiger partial charge < -0.3 is 18.3 Å².